The summed E-state index contributed by atoms with van der Waals surface area (Å²) in [6.45, 7) is 2.70. The van der Waals surface area contributed by atoms with Crippen LogP contribution in [0.1, 0.15) is 26.2 Å². The predicted octanol–water partition coefficient (Wildman–Crippen LogP) is 1.70. The van der Waals surface area contributed by atoms with Gasteiger partial charge in [-0.2, -0.15) is 0 Å². The van der Waals surface area contributed by atoms with E-state index in [0.717, 1.165) is 19.3 Å². The third-order valence-electron chi connectivity index (χ3n) is 1.24. The van der Waals surface area contributed by atoms with Gasteiger partial charge in [0, 0.05) is 18.3 Å². The van der Waals surface area contributed by atoms with Crippen molar-refractivity contribution < 1.29 is 9.59 Å². The number of unbranched alkanes of at least 4 members (excludes halogenated alkanes) is 2. The number of primary amides is 1. The summed E-state index contributed by atoms with van der Waals surface area (Å²) in [7, 11) is 0. The molecule has 0 atom stereocenters. The van der Waals surface area contributed by atoms with E-state index < -0.39 is 5.24 Å². The summed E-state index contributed by atoms with van der Waals surface area (Å²) in [6, 6.07) is 0. The van der Waals surface area contributed by atoms with Gasteiger partial charge in [-0.1, -0.05) is 19.8 Å². The highest BCUT2D eigenvalue weighted by Gasteiger charge is 2.04. The van der Waals surface area contributed by atoms with Crippen LogP contribution in [0, 0.1) is 0 Å². The maximum atomic E-state index is 10.8. The van der Waals surface area contributed by atoms with E-state index in [1.807, 2.05) is 0 Å². The molecule has 70 valence electrons. The Labute approximate surface area is 76.3 Å². The molecular weight excluding hydrogens is 176 g/mol. The van der Waals surface area contributed by atoms with Crippen molar-refractivity contribution in [2.24, 2.45) is 5.73 Å². The highest BCUT2D eigenvalue weighted by atomic mass is 32.2. The molecule has 0 aliphatic rings. The maximum absolute atomic E-state index is 10.8. The van der Waals surface area contributed by atoms with Gasteiger partial charge in [-0.05, 0) is 6.42 Å². The number of amides is 2. The van der Waals surface area contributed by atoms with E-state index in [4.69, 9.17) is 5.73 Å². The van der Waals surface area contributed by atoms with Gasteiger partial charge in [-0.3, -0.25) is 9.59 Å². The quantitative estimate of drug-likeness (QED) is 0.663. The van der Waals surface area contributed by atoms with Crippen LogP contribution in [0.4, 0.5) is 9.59 Å². The molecule has 0 fully saturated rings. The second-order valence-electron chi connectivity index (χ2n) is 2.34. The normalized spacial score (nSPS) is 9.42. The Hall–Kier alpha value is -0.710. The molecule has 2 amide bonds. The number of carbonyl (C=O) groups excluding carboxylic acids is 2. The Morgan fingerprint density at radius 3 is 2.58 bits per heavy atom. The molecule has 0 aromatic rings. The number of thioether (sulfide) groups is 1. The lowest BCUT2D eigenvalue weighted by Crippen LogP contribution is -2.22. The SMILES string of the molecule is CCCCCNC(=O)SC(N)=O. The van der Waals surface area contributed by atoms with Gasteiger partial charge in [0.2, 0.25) is 0 Å². The lowest BCUT2D eigenvalue weighted by atomic mass is 10.2. The smallest absolute Gasteiger partial charge is 0.288 e. The maximum Gasteiger partial charge on any atom is 0.288 e. The Balaban J connectivity index is 3.26. The monoisotopic (exact) mass is 190 g/mol. The summed E-state index contributed by atoms with van der Waals surface area (Å²) in [4.78, 5) is 21.0. The minimum Gasteiger partial charge on any atom is -0.360 e. The number of hydrogen-bond acceptors (Lipinski definition) is 3. The van der Waals surface area contributed by atoms with Crippen LogP contribution in [-0.2, 0) is 0 Å². The standard InChI is InChI=1S/C7H14N2O2S/c1-2-3-4-5-9-7(11)12-6(8)10/h2-5H2,1H3,(H2,8,10)(H,9,11). The topological polar surface area (TPSA) is 72.2 Å². The molecule has 0 saturated heterocycles. The van der Waals surface area contributed by atoms with Crippen LogP contribution in [0.25, 0.3) is 0 Å². The van der Waals surface area contributed by atoms with Crippen LogP contribution in [0.2, 0.25) is 0 Å². The van der Waals surface area contributed by atoms with E-state index in [2.05, 4.69) is 12.2 Å². The molecule has 0 aromatic carbocycles. The lowest BCUT2D eigenvalue weighted by Gasteiger charge is -2.00. The second kappa shape index (κ2) is 6.97. The minimum absolute atomic E-state index is 0.362. The number of rotatable bonds is 4. The van der Waals surface area contributed by atoms with E-state index in [1.54, 1.807) is 0 Å². The first-order valence-corrected chi connectivity index (χ1v) is 4.73. The van der Waals surface area contributed by atoms with Crippen LogP contribution in [0.15, 0.2) is 0 Å². The second-order valence-corrected chi connectivity index (χ2v) is 3.32. The molecule has 0 saturated carbocycles. The molecule has 3 N–H and O–H groups in total. The first kappa shape index (κ1) is 11.3. The summed E-state index contributed by atoms with van der Waals surface area (Å²) in [5.74, 6) is 0. The summed E-state index contributed by atoms with van der Waals surface area (Å²) < 4.78 is 0. The van der Waals surface area contributed by atoms with Crippen molar-refractivity contribution in [2.45, 2.75) is 26.2 Å². The minimum atomic E-state index is -0.664. The number of nitrogens with two attached hydrogens (primary N) is 1. The zero-order valence-electron chi connectivity index (χ0n) is 7.13. The molecule has 0 aromatic heterocycles. The van der Waals surface area contributed by atoms with Gasteiger partial charge >= 0.3 is 0 Å². The Morgan fingerprint density at radius 2 is 2.08 bits per heavy atom. The van der Waals surface area contributed by atoms with Crippen LogP contribution in [-0.4, -0.2) is 17.0 Å². The van der Waals surface area contributed by atoms with E-state index in [1.165, 1.54) is 0 Å². The molecular formula is C7H14N2O2S. The van der Waals surface area contributed by atoms with Gasteiger partial charge in [0.25, 0.3) is 10.5 Å². The third kappa shape index (κ3) is 7.40. The van der Waals surface area contributed by atoms with E-state index in [-0.39, 0.29) is 5.24 Å². The molecule has 0 heterocycles. The largest absolute Gasteiger partial charge is 0.360 e. The first-order valence-electron chi connectivity index (χ1n) is 3.92. The fraction of sp³-hybridized carbons (Fsp3) is 0.714. The van der Waals surface area contributed by atoms with Crippen molar-refractivity contribution in [2.75, 3.05) is 6.54 Å². The van der Waals surface area contributed by atoms with Gasteiger partial charge in [-0.25, -0.2) is 0 Å². The van der Waals surface area contributed by atoms with Gasteiger partial charge in [0.1, 0.15) is 0 Å². The predicted molar refractivity (Wildman–Crippen MR) is 50.1 cm³/mol. The van der Waals surface area contributed by atoms with E-state index in [9.17, 15) is 9.59 Å². The number of carbonyl (C=O) groups is 2. The molecule has 0 aliphatic carbocycles. The molecule has 5 heteroatoms. The molecule has 0 radical (unpaired) electrons. The average molecular weight is 190 g/mol. The zero-order valence-corrected chi connectivity index (χ0v) is 7.95. The third-order valence-corrected chi connectivity index (χ3v) is 1.77. The molecule has 0 unspecified atom stereocenters. The van der Waals surface area contributed by atoms with Gasteiger partial charge in [0.05, 0.1) is 0 Å². The fourth-order valence-electron chi connectivity index (χ4n) is 0.693. The van der Waals surface area contributed by atoms with Crippen molar-refractivity contribution in [3.05, 3.63) is 0 Å². The fourth-order valence-corrected chi connectivity index (χ4v) is 1.05. The van der Waals surface area contributed by atoms with Crippen LogP contribution in [0.5, 0.6) is 0 Å². The van der Waals surface area contributed by atoms with Gasteiger partial charge in [-0.15, -0.1) is 0 Å². The highest BCUT2D eigenvalue weighted by Crippen LogP contribution is 2.00. The van der Waals surface area contributed by atoms with Crippen molar-refractivity contribution in [1.29, 1.82) is 0 Å². The molecule has 0 aliphatic heterocycles. The summed E-state index contributed by atoms with van der Waals surface area (Å²) >= 11 is 0.501. The van der Waals surface area contributed by atoms with Crippen molar-refractivity contribution in [3.63, 3.8) is 0 Å². The number of nitrogens with one attached hydrogen (secondary N) is 1. The molecule has 12 heavy (non-hydrogen) atoms. The van der Waals surface area contributed by atoms with Crippen molar-refractivity contribution in [1.82, 2.24) is 5.32 Å². The highest BCUT2D eigenvalue weighted by molar-refractivity contribution is 8.25. The van der Waals surface area contributed by atoms with E-state index >= 15 is 0 Å². The zero-order chi connectivity index (χ0) is 9.40. The van der Waals surface area contributed by atoms with Crippen LogP contribution in [0.3, 0.4) is 0 Å². The Morgan fingerprint density at radius 1 is 1.42 bits per heavy atom. The average Bonchev–Trinajstić information content (AvgIpc) is 1.97. The molecule has 4 nitrogen and oxygen atoms in total. The molecule has 0 rings (SSSR count). The summed E-state index contributed by atoms with van der Waals surface area (Å²) in [6.07, 6.45) is 3.14. The Bertz CT molecular complexity index is 161. The molecule has 0 bridgehead atoms. The lowest BCUT2D eigenvalue weighted by molar-refractivity contribution is 0.259. The van der Waals surface area contributed by atoms with Crippen molar-refractivity contribution >= 4 is 22.2 Å². The van der Waals surface area contributed by atoms with Crippen LogP contribution < -0.4 is 11.1 Å². The van der Waals surface area contributed by atoms with E-state index in [0.29, 0.717) is 18.3 Å². The number of hydrogen-bond donors (Lipinski definition) is 2. The summed E-state index contributed by atoms with van der Waals surface area (Å²) in [5, 5.41) is 1.55. The molecule has 0 spiro atoms. The van der Waals surface area contributed by atoms with Crippen molar-refractivity contribution in [3.8, 4) is 0 Å². The first-order chi connectivity index (χ1) is 5.66. The summed E-state index contributed by atoms with van der Waals surface area (Å²) in [5.41, 5.74) is 4.79. The Kier molecular flexibility index (Phi) is 6.55. The van der Waals surface area contributed by atoms with Gasteiger partial charge < -0.3 is 11.1 Å². The van der Waals surface area contributed by atoms with Crippen LogP contribution >= 0.6 is 11.8 Å². The van der Waals surface area contributed by atoms with Gasteiger partial charge in [0.15, 0.2) is 0 Å².